The second kappa shape index (κ2) is 8.68. The molecule has 0 aromatic heterocycles. The van der Waals surface area contributed by atoms with Gasteiger partial charge in [0.05, 0.1) is 0 Å². The first-order valence-electron chi connectivity index (χ1n) is 8.86. The van der Waals surface area contributed by atoms with Gasteiger partial charge < -0.3 is 15.5 Å². The Morgan fingerprint density at radius 3 is 2.32 bits per heavy atom. The summed E-state index contributed by atoms with van der Waals surface area (Å²) in [7, 11) is 3.49. The van der Waals surface area contributed by atoms with Crippen molar-refractivity contribution in [3.8, 4) is 0 Å². The van der Waals surface area contributed by atoms with Gasteiger partial charge in [-0.2, -0.15) is 0 Å². The molecular weight excluding hydrogens is 338 g/mol. The first-order chi connectivity index (χ1) is 11.5. The third-order valence-corrected chi connectivity index (χ3v) is 5.32. The fraction of sp³-hybridized carbons (Fsp3) is 0.579. The highest BCUT2D eigenvalue weighted by Crippen LogP contribution is 2.32. The van der Waals surface area contributed by atoms with E-state index in [0.29, 0.717) is 36.5 Å². The zero-order valence-corrected chi connectivity index (χ0v) is 15.8. The van der Waals surface area contributed by atoms with Gasteiger partial charge in [-0.3, -0.25) is 9.59 Å². The molecule has 0 spiro atoms. The van der Waals surface area contributed by atoms with Crippen molar-refractivity contribution in [3.05, 3.63) is 35.4 Å². The SMILES string of the molecule is CNC(=O)c1ccc(CN(C)C(=O)CC2CC3CCC(C2)N3)cc1.Cl. The van der Waals surface area contributed by atoms with E-state index >= 15 is 0 Å². The molecule has 3 rings (SSSR count). The highest BCUT2D eigenvalue weighted by molar-refractivity contribution is 5.93. The number of carbonyl (C=O) groups excluding carboxylic acids is 2. The van der Waals surface area contributed by atoms with Crippen LogP contribution in [0.15, 0.2) is 24.3 Å². The van der Waals surface area contributed by atoms with Gasteiger partial charge in [-0.1, -0.05) is 12.1 Å². The topological polar surface area (TPSA) is 61.4 Å². The molecule has 2 fully saturated rings. The number of nitrogens with zero attached hydrogens (tertiary/aromatic N) is 1. The van der Waals surface area contributed by atoms with Crippen molar-refractivity contribution in [2.24, 2.45) is 5.92 Å². The van der Waals surface area contributed by atoms with Crippen molar-refractivity contribution in [2.75, 3.05) is 14.1 Å². The Hall–Kier alpha value is -1.59. The molecule has 2 heterocycles. The van der Waals surface area contributed by atoms with Crippen molar-refractivity contribution < 1.29 is 9.59 Å². The number of nitrogens with one attached hydrogen (secondary N) is 2. The molecule has 2 amide bonds. The van der Waals surface area contributed by atoms with E-state index in [1.54, 1.807) is 24.1 Å². The number of hydrogen-bond donors (Lipinski definition) is 2. The fourth-order valence-corrected chi connectivity index (χ4v) is 4.01. The van der Waals surface area contributed by atoms with Gasteiger partial charge in [0.25, 0.3) is 5.91 Å². The van der Waals surface area contributed by atoms with Crippen LogP contribution in [-0.4, -0.2) is 42.9 Å². The minimum atomic E-state index is -0.0912. The lowest BCUT2D eigenvalue weighted by molar-refractivity contribution is -0.131. The van der Waals surface area contributed by atoms with Crippen LogP contribution in [0.25, 0.3) is 0 Å². The molecule has 0 aliphatic carbocycles. The van der Waals surface area contributed by atoms with Crippen LogP contribution in [0.2, 0.25) is 0 Å². The highest BCUT2D eigenvalue weighted by Gasteiger charge is 2.34. The Kier molecular flexibility index (Phi) is 6.85. The van der Waals surface area contributed by atoms with E-state index in [1.807, 2.05) is 19.2 Å². The number of amides is 2. The number of hydrogen-bond acceptors (Lipinski definition) is 3. The maximum absolute atomic E-state index is 12.5. The van der Waals surface area contributed by atoms with Gasteiger partial charge in [-0.15, -0.1) is 12.4 Å². The van der Waals surface area contributed by atoms with E-state index in [9.17, 15) is 9.59 Å². The normalized spacial score (nSPS) is 24.3. The van der Waals surface area contributed by atoms with Crippen LogP contribution in [-0.2, 0) is 11.3 Å². The lowest BCUT2D eigenvalue weighted by Crippen LogP contribution is -2.39. The third kappa shape index (κ3) is 4.95. The van der Waals surface area contributed by atoms with Crippen molar-refractivity contribution >= 4 is 24.2 Å². The molecular formula is C19H28ClN3O2. The Bertz CT molecular complexity index is 593. The number of carbonyl (C=O) groups is 2. The summed E-state index contributed by atoms with van der Waals surface area (Å²) in [5.74, 6) is 0.650. The van der Waals surface area contributed by atoms with Crippen LogP contribution in [0.4, 0.5) is 0 Å². The summed E-state index contributed by atoms with van der Waals surface area (Å²) in [4.78, 5) is 25.9. The van der Waals surface area contributed by atoms with Gasteiger partial charge in [0.1, 0.15) is 0 Å². The molecule has 0 saturated carbocycles. The maximum Gasteiger partial charge on any atom is 0.251 e. The van der Waals surface area contributed by atoms with Crippen LogP contribution in [0.1, 0.15) is 48.0 Å². The Morgan fingerprint density at radius 2 is 1.76 bits per heavy atom. The second-order valence-corrected chi connectivity index (χ2v) is 7.21. The lowest BCUT2D eigenvalue weighted by Gasteiger charge is -2.30. The van der Waals surface area contributed by atoms with Crippen molar-refractivity contribution in [1.82, 2.24) is 15.5 Å². The molecule has 2 aliphatic heterocycles. The quantitative estimate of drug-likeness (QED) is 0.842. The predicted molar refractivity (Wildman–Crippen MR) is 101 cm³/mol. The molecule has 2 saturated heterocycles. The summed E-state index contributed by atoms with van der Waals surface area (Å²) in [5, 5.41) is 6.23. The molecule has 1 aromatic rings. The number of halogens is 1. The first-order valence-corrected chi connectivity index (χ1v) is 8.86. The number of rotatable bonds is 5. The first kappa shape index (κ1) is 19.7. The van der Waals surface area contributed by atoms with Crippen molar-refractivity contribution in [3.63, 3.8) is 0 Å². The predicted octanol–water partition coefficient (Wildman–Crippen LogP) is 2.35. The van der Waals surface area contributed by atoms with E-state index in [4.69, 9.17) is 0 Å². The van der Waals surface area contributed by atoms with Crippen LogP contribution < -0.4 is 10.6 Å². The molecule has 2 bridgehead atoms. The van der Waals surface area contributed by atoms with E-state index < -0.39 is 0 Å². The minimum absolute atomic E-state index is 0. The van der Waals surface area contributed by atoms with E-state index in [0.717, 1.165) is 18.4 Å². The zero-order chi connectivity index (χ0) is 17.1. The molecule has 1 aromatic carbocycles. The largest absolute Gasteiger partial charge is 0.355 e. The summed E-state index contributed by atoms with van der Waals surface area (Å²) < 4.78 is 0. The van der Waals surface area contributed by atoms with Gasteiger partial charge >= 0.3 is 0 Å². The summed E-state index contributed by atoms with van der Waals surface area (Å²) in [6.45, 7) is 0.588. The molecule has 6 heteroatoms. The van der Waals surface area contributed by atoms with Crippen LogP contribution >= 0.6 is 12.4 Å². The van der Waals surface area contributed by atoms with E-state index in [1.165, 1.54) is 12.8 Å². The van der Waals surface area contributed by atoms with Crippen LogP contribution in [0.3, 0.4) is 0 Å². The van der Waals surface area contributed by atoms with Gasteiger partial charge in [-0.25, -0.2) is 0 Å². The molecule has 0 radical (unpaired) electrons. The maximum atomic E-state index is 12.5. The summed E-state index contributed by atoms with van der Waals surface area (Å²) >= 11 is 0. The van der Waals surface area contributed by atoms with Gasteiger partial charge in [0.15, 0.2) is 0 Å². The van der Waals surface area contributed by atoms with Crippen LogP contribution in [0, 0.1) is 5.92 Å². The second-order valence-electron chi connectivity index (χ2n) is 7.21. The van der Waals surface area contributed by atoms with E-state index in [-0.39, 0.29) is 24.2 Å². The smallest absolute Gasteiger partial charge is 0.251 e. The fourth-order valence-electron chi connectivity index (χ4n) is 4.01. The van der Waals surface area contributed by atoms with E-state index in [2.05, 4.69) is 10.6 Å². The van der Waals surface area contributed by atoms with Gasteiger partial charge in [-0.05, 0) is 49.3 Å². The Labute approximate surface area is 155 Å². The van der Waals surface area contributed by atoms with Gasteiger partial charge in [0, 0.05) is 44.7 Å². The third-order valence-electron chi connectivity index (χ3n) is 5.32. The molecule has 2 N–H and O–H groups in total. The number of fused-ring (bicyclic) bond motifs is 2. The molecule has 2 aliphatic rings. The number of benzene rings is 1. The molecule has 25 heavy (non-hydrogen) atoms. The monoisotopic (exact) mass is 365 g/mol. The van der Waals surface area contributed by atoms with Crippen molar-refractivity contribution in [1.29, 1.82) is 0 Å². The summed E-state index contributed by atoms with van der Waals surface area (Å²) in [6.07, 6.45) is 5.46. The Balaban J connectivity index is 0.00000225. The highest BCUT2D eigenvalue weighted by atomic mass is 35.5. The standard InChI is InChI=1S/C19H27N3O2.ClH/c1-20-19(24)15-5-3-13(4-6-15)12-22(2)18(23)11-14-9-16-7-8-17(10-14)21-16;/h3-6,14,16-17,21H,7-12H2,1-2H3,(H,20,24);1H. The summed E-state index contributed by atoms with van der Waals surface area (Å²) in [5.41, 5.74) is 1.68. The molecule has 5 nitrogen and oxygen atoms in total. The zero-order valence-electron chi connectivity index (χ0n) is 15.0. The van der Waals surface area contributed by atoms with Crippen LogP contribution in [0.5, 0.6) is 0 Å². The molecule has 2 atom stereocenters. The van der Waals surface area contributed by atoms with Gasteiger partial charge in [0.2, 0.25) is 5.91 Å². The molecule has 2 unspecified atom stereocenters. The number of piperidine rings is 1. The lowest BCUT2D eigenvalue weighted by atomic mass is 9.89. The molecule has 138 valence electrons. The average Bonchev–Trinajstić information content (AvgIpc) is 2.93. The average molecular weight is 366 g/mol. The Morgan fingerprint density at radius 1 is 1.16 bits per heavy atom. The van der Waals surface area contributed by atoms with Crippen molar-refractivity contribution in [2.45, 2.75) is 50.7 Å². The summed E-state index contributed by atoms with van der Waals surface area (Å²) in [6, 6.07) is 8.69. The minimum Gasteiger partial charge on any atom is -0.355 e.